The second-order valence-corrected chi connectivity index (χ2v) is 5.10. The second-order valence-electron chi connectivity index (χ2n) is 4.31. The van der Waals surface area contributed by atoms with E-state index in [1.165, 1.54) is 12.1 Å². The Morgan fingerprint density at radius 1 is 1.00 bits per heavy atom. The standard InChI is InChI=1S/C14H10Cl2F3N/c15-9-6-11(18)8(5-12(9)19)13(20)4-7-2-1-3-10(17)14(7)16/h1-3,5-6,13H,4,20H2. The van der Waals surface area contributed by atoms with Crippen molar-refractivity contribution in [3.8, 4) is 0 Å². The van der Waals surface area contributed by atoms with E-state index in [0.717, 1.165) is 12.1 Å². The lowest BCUT2D eigenvalue weighted by atomic mass is 9.99. The molecule has 0 amide bonds. The zero-order valence-corrected chi connectivity index (χ0v) is 11.7. The highest BCUT2D eigenvalue weighted by Crippen LogP contribution is 2.28. The van der Waals surface area contributed by atoms with E-state index in [0.29, 0.717) is 5.56 Å². The fourth-order valence-corrected chi connectivity index (χ4v) is 2.23. The van der Waals surface area contributed by atoms with Crippen LogP contribution in [0.3, 0.4) is 0 Å². The molecule has 0 heterocycles. The van der Waals surface area contributed by atoms with Gasteiger partial charge in [0.15, 0.2) is 0 Å². The lowest BCUT2D eigenvalue weighted by Crippen LogP contribution is -2.16. The second kappa shape index (κ2) is 6.04. The Kier molecular flexibility index (Phi) is 4.58. The van der Waals surface area contributed by atoms with Gasteiger partial charge in [-0.2, -0.15) is 0 Å². The van der Waals surface area contributed by atoms with E-state index in [1.54, 1.807) is 6.07 Å². The molecule has 0 bridgehead atoms. The Morgan fingerprint density at radius 3 is 2.40 bits per heavy atom. The molecular weight excluding hydrogens is 310 g/mol. The molecule has 0 aliphatic rings. The lowest BCUT2D eigenvalue weighted by Gasteiger charge is -2.15. The monoisotopic (exact) mass is 319 g/mol. The van der Waals surface area contributed by atoms with Crippen molar-refractivity contribution < 1.29 is 13.2 Å². The number of rotatable bonds is 3. The Morgan fingerprint density at radius 2 is 1.70 bits per heavy atom. The summed E-state index contributed by atoms with van der Waals surface area (Å²) in [5.74, 6) is -2.06. The number of benzene rings is 2. The Hall–Kier alpha value is -1.23. The minimum atomic E-state index is -0.860. The first-order valence-corrected chi connectivity index (χ1v) is 6.48. The fourth-order valence-electron chi connectivity index (χ4n) is 1.88. The summed E-state index contributed by atoms with van der Waals surface area (Å²) in [4.78, 5) is 0. The van der Waals surface area contributed by atoms with Crippen LogP contribution in [0, 0.1) is 17.5 Å². The summed E-state index contributed by atoms with van der Waals surface area (Å²) in [5, 5.41) is -0.389. The van der Waals surface area contributed by atoms with E-state index in [9.17, 15) is 13.2 Å². The first-order valence-electron chi connectivity index (χ1n) is 5.73. The van der Waals surface area contributed by atoms with Crippen LogP contribution in [-0.4, -0.2) is 0 Å². The van der Waals surface area contributed by atoms with Crippen LogP contribution in [0.15, 0.2) is 30.3 Å². The van der Waals surface area contributed by atoms with Crippen LogP contribution in [0.4, 0.5) is 13.2 Å². The lowest BCUT2D eigenvalue weighted by molar-refractivity contribution is 0.560. The number of hydrogen-bond donors (Lipinski definition) is 1. The maximum atomic E-state index is 13.7. The van der Waals surface area contributed by atoms with E-state index in [-0.39, 0.29) is 22.0 Å². The van der Waals surface area contributed by atoms with E-state index in [4.69, 9.17) is 28.9 Å². The van der Waals surface area contributed by atoms with Crippen molar-refractivity contribution in [2.24, 2.45) is 5.73 Å². The third-order valence-corrected chi connectivity index (χ3v) is 3.62. The summed E-state index contributed by atoms with van der Waals surface area (Å²) in [7, 11) is 0. The predicted molar refractivity (Wildman–Crippen MR) is 73.4 cm³/mol. The van der Waals surface area contributed by atoms with Gasteiger partial charge in [-0.15, -0.1) is 0 Å². The molecule has 0 radical (unpaired) electrons. The van der Waals surface area contributed by atoms with Gasteiger partial charge < -0.3 is 5.73 Å². The molecule has 106 valence electrons. The van der Waals surface area contributed by atoms with Crippen LogP contribution in [0.5, 0.6) is 0 Å². The normalized spacial score (nSPS) is 12.5. The summed E-state index contributed by atoms with van der Waals surface area (Å²) in [6.07, 6.45) is 0.0780. The zero-order chi connectivity index (χ0) is 14.9. The van der Waals surface area contributed by atoms with Gasteiger partial charge in [-0.1, -0.05) is 35.3 Å². The molecule has 0 saturated heterocycles. The van der Waals surface area contributed by atoms with Crippen LogP contribution < -0.4 is 5.73 Å². The third-order valence-electron chi connectivity index (χ3n) is 2.91. The zero-order valence-electron chi connectivity index (χ0n) is 10.1. The highest BCUT2D eigenvalue weighted by atomic mass is 35.5. The molecule has 2 aromatic rings. The molecular formula is C14H10Cl2F3N. The van der Waals surface area contributed by atoms with Crippen LogP contribution in [0.25, 0.3) is 0 Å². The van der Waals surface area contributed by atoms with Crippen molar-refractivity contribution in [3.05, 3.63) is 69.0 Å². The fraction of sp³-hybridized carbons (Fsp3) is 0.143. The van der Waals surface area contributed by atoms with Gasteiger partial charge in [-0.3, -0.25) is 0 Å². The van der Waals surface area contributed by atoms with Crippen LogP contribution in [-0.2, 0) is 6.42 Å². The molecule has 1 nitrogen and oxygen atoms in total. The minimum Gasteiger partial charge on any atom is -0.324 e. The van der Waals surface area contributed by atoms with E-state index in [1.807, 2.05) is 0 Å². The Balaban J connectivity index is 2.31. The van der Waals surface area contributed by atoms with E-state index < -0.39 is 23.5 Å². The van der Waals surface area contributed by atoms with Gasteiger partial charge in [0.1, 0.15) is 17.5 Å². The van der Waals surface area contributed by atoms with Gasteiger partial charge in [-0.05, 0) is 30.2 Å². The smallest absolute Gasteiger partial charge is 0.142 e. The Bertz CT molecular complexity index is 647. The average molecular weight is 320 g/mol. The molecule has 0 spiro atoms. The molecule has 2 rings (SSSR count). The van der Waals surface area contributed by atoms with Gasteiger partial charge in [-0.25, -0.2) is 13.2 Å². The Labute approximate surface area is 124 Å². The minimum absolute atomic E-state index is 0.0350. The molecule has 0 fully saturated rings. The topological polar surface area (TPSA) is 26.0 Å². The molecule has 1 atom stereocenters. The van der Waals surface area contributed by atoms with Crippen molar-refractivity contribution in [2.75, 3.05) is 0 Å². The SMILES string of the molecule is NC(Cc1cccc(F)c1Cl)c1cc(F)c(Cl)cc1F. The van der Waals surface area contributed by atoms with Crippen molar-refractivity contribution in [1.82, 2.24) is 0 Å². The number of hydrogen-bond acceptors (Lipinski definition) is 1. The summed E-state index contributed by atoms with van der Waals surface area (Å²) in [5.41, 5.74) is 6.22. The first-order chi connectivity index (χ1) is 9.40. The predicted octanol–water partition coefficient (Wildman–Crippen LogP) is 4.65. The maximum Gasteiger partial charge on any atom is 0.142 e. The molecule has 1 unspecified atom stereocenters. The van der Waals surface area contributed by atoms with Gasteiger partial charge >= 0.3 is 0 Å². The molecule has 2 aromatic carbocycles. The molecule has 2 N–H and O–H groups in total. The van der Waals surface area contributed by atoms with E-state index in [2.05, 4.69) is 0 Å². The van der Waals surface area contributed by atoms with Crippen LogP contribution >= 0.6 is 23.2 Å². The van der Waals surface area contributed by atoms with Gasteiger partial charge in [0, 0.05) is 11.6 Å². The largest absolute Gasteiger partial charge is 0.324 e. The van der Waals surface area contributed by atoms with Gasteiger partial charge in [0.05, 0.1) is 10.0 Å². The van der Waals surface area contributed by atoms with Crippen LogP contribution in [0.2, 0.25) is 10.0 Å². The quantitative estimate of drug-likeness (QED) is 0.818. The van der Waals surface area contributed by atoms with Crippen molar-refractivity contribution in [2.45, 2.75) is 12.5 Å². The number of nitrogens with two attached hydrogens (primary N) is 1. The summed E-state index contributed by atoms with van der Waals surface area (Å²) >= 11 is 11.3. The third kappa shape index (κ3) is 3.08. The van der Waals surface area contributed by atoms with Crippen molar-refractivity contribution >= 4 is 23.2 Å². The van der Waals surface area contributed by atoms with Gasteiger partial charge in [0.25, 0.3) is 0 Å². The molecule has 20 heavy (non-hydrogen) atoms. The summed E-state index contributed by atoms with van der Waals surface area (Å²) < 4.78 is 40.4. The van der Waals surface area contributed by atoms with Crippen molar-refractivity contribution in [1.29, 1.82) is 0 Å². The molecule has 6 heteroatoms. The van der Waals surface area contributed by atoms with Crippen LogP contribution in [0.1, 0.15) is 17.2 Å². The molecule has 0 saturated carbocycles. The highest BCUT2D eigenvalue weighted by molar-refractivity contribution is 6.31. The first kappa shape index (κ1) is 15.2. The molecule has 0 aliphatic carbocycles. The summed E-state index contributed by atoms with van der Waals surface area (Å²) in [6.45, 7) is 0. The molecule has 0 aliphatic heterocycles. The molecule has 0 aromatic heterocycles. The van der Waals surface area contributed by atoms with Crippen molar-refractivity contribution in [3.63, 3.8) is 0 Å². The number of halogens is 5. The highest BCUT2D eigenvalue weighted by Gasteiger charge is 2.17. The van der Waals surface area contributed by atoms with Gasteiger partial charge in [0.2, 0.25) is 0 Å². The summed E-state index contributed by atoms with van der Waals surface area (Å²) in [6, 6.07) is 5.20. The maximum absolute atomic E-state index is 13.7. The average Bonchev–Trinajstić information content (AvgIpc) is 2.39. The van der Waals surface area contributed by atoms with E-state index >= 15 is 0 Å².